The first-order valence-corrected chi connectivity index (χ1v) is 15.5. The van der Waals surface area contributed by atoms with Crippen LogP contribution >= 0.6 is 11.6 Å². The zero-order chi connectivity index (χ0) is 31.8. The van der Waals surface area contributed by atoms with Crippen molar-refractivity contribution in [2.75, 3.05) is 30.3 Å². The molecular weight excluding hydrogens is 611 g/mol. The molecule has 3 heterocycles. The fourth-order valence-electron chi connectivity index (χ4n) is 6.71. The predicted molar refractivity (Wildman–Crippen MR) is 164 cm³/mol. The minimum Gasteiger partial charge on any atom is -0.490 e. The number of nitrogen functional groups attached to an aromatic ring is 1. The highest BCUT2D eigenvalue weighted by Crippen LogP contribution is 2.44. The number of nitrogens with one attached hydrogen (secondary N) is 1. The van der Waals surface area contributed by atoms with E-state index in [4.69, 9.17) is 26.8 Å². The van der Waals surface area contributed by atoms with Gasteiger partial charge in [-0.05, 0) is 85.8 Å². The molecule has 2 unspecified atom stereocenters. The monoisotopic (exact) mass is 645 g/mol. The number of rotatable bonds is 8. The van der Waals surface area contributed by atoms with Crippen molar-refractivity contribution in [3.8, 4) is 22.8 Å². The van der Waals surface area contributed by atoms with Crippen LogP contribution in [-0.4, -0.2) is 59.0 Å². The standard InChI is InChI=1S/C32H35ClF3N5O4/c33-20-8-9-23(24(15-20)19-4-3-7-22(14-19)44-21-5-1-2-6-21)28(32(34,35)36)45-27-16-26(39-30(37)40-27)41-12-10-31(11-13-41)17-25(29(42)43)38-18-31/h3-4,7-9,14-16,21,25,28,38H,1-2,5-6,10-13,17-18H2,(H,42,43)(H2,37,39,40). The number of aliphatic carboxylic acids is 1. The highest BCUT2D eigenvalue weighted by Gasteiger charge is 2.46. The van der Waals surface area contributed by atoms with Gasteiger partial charge >= 0.3 is 12.1 Å². The molecule has 0 amide bonds. The Balaban J connectivity index is 1.25. The lowest BCUT2D eigenvalue weighted by molar-refractivity contribution is -0.198. The average Bonchev–Trinajstić information content (AvgIpc) is 3.66. The summed E-state index contributed by atoms with van der Waals surface area (Å²) < 4.78 is 55.9. The molecule has 9 nitrogen and oxygen atoms in total. The number of carbonyl (C=O) groups is 1. The maximum atomic E-state index is 14.7. The fraction of sp³-hybridized carbons (Fsp3) is 0.469. The van der Waals surface area contributed by atoms with E-state index in [2.05, 4.69) is 15.3 Å². The Morgan fingerprint density at radius 2 is 1.87 bits per heavy atom. The number of carboxylic acid groups (broad SMARTS) is 1. The normalized spacial score (nSPS) is 20.8. The van der Waals surface area contributed by atoms with Crippen LogP contribution in [0.4, 0.5) is 24.9 Å². The number of nitrogens with zero attached hydrogens (tertiary/aromatic N) is 3. The molecule has 2 atom stereocenters. The summed E-state index contributed by atoms with van der Waals surface area (Å²) in [5, 5.41) is 12.7. The van der Waals surface area contributed by atoms with Crippen molar-refractivity contribution in [3.05, 3.63) is 59.1 Å². The Hall–Kier alpha value is -3.77. The van der Waals surface area contributed by atoms with E-state index in [1.54, 1.807) is 24.3 Å². The van der Waals surface area contributed by atoms with E-state index in [1.165, 1.54) is 24.3 Å². The lowest BCUT2D eigenvalue weighted by Crippen LogP contribution is -2.41. The third-order valence-corrected chi connectivity index (χ3v) is 9.33. The number of nitrogens with two attached hydrogens (primary N) is 1. The van der Waals surface area contributed by atoms with Crippen LogP contribution in [0.1, 0.15) is 56.6 Å². The van der Waals surface area contributed by atoms with Gasteiger partial charge in [-0.15, -0.1) is 0 Å². The Bertz CT molecular complexity index is 1540. The molecule has 1 saturated carbocycles. The Morgan fingerprint density at radius 1 is 1.11 bits per heavy atom. The number of carboxylic acids is 1. The summed E-state index contributed by atoms with van der Waals surface area (Å²) >= 11 is 6.29. The van der Waals surface area contributed by atoms with Crippen molar-refractivity contribution >= 4 is 29.3 Å². The number of benzene rings is 2. The van der Waals surface area contributed by atoms with Crippen molar-refractivity contribution in [2.24, 2.45) is 5.41 Å². The summed E-state index contributed by atoms with van der Waals surface area (Å²) in [6.07, 6.45) is -1.10. The average molecular weight is 646 g/mol. The maximum Gasteiger partial charge on any atom is 0.429 e. The maximum absolute atomic E-state index is 14.7. The molecule has 45 heavy (non-hydrogen) atoms. The number of ether oxygens (including phenoxy) is 2. The van der Waals surface area contributed by atoms with E-state index >= 15 is 0 Å². The largest absolute Gasteiger partial charge is 0.490 e. The zero-order valence-corrected chi connectivity index (χ0v) is 25.3. The molecule has 1 aromatic heterocycles. The number of aromatic nitrogens is 2. The van der Waals surface area contributed by atoms with Gasteiger partial charge in [0.15, 0.2) is 0 Å². The van der Waals surface area contributed by atoms with Crippen LogP contribution in [0, 0.1) is 5.41 Å². The molecule has 4 N–H and O–H groups in total. The molecule has 0 radical (unpaired) electrons. The summed E-state index contributed by atoms with van der Waals surface area (Å²) in [6.45, 7) is 1.67. The molecule has 1 aliphatic carbocycles. The van der Waals surface area contributed by atoms with Crippen molar-refractivity contribution in [1.29, 1.82) is 0 Å². The number of halogens is 4. The third kappa shape index (κ3) is 7.06. The number of alkyl halides is 3. The van der Waals surface area contributed by atoms with Crippen LogP contribution in [0.2, 0.25) is 5.02 Å². The third-order valence-electron chi connectivity index (χ3n) is 9.10. The van der Waals surface area contributed by atoms with Crippen LogP contribution in [0.15, 0.2) is 48.5 Å². The van der Waals surface area contributed by atoms with Gasteiger partial charge in [-0.25, -0.2) is 0 Å². The van der Waals surface area contributed by atoms with Gasteiger partial charge < -0.3 is 30.5 Å². The molecule has 3 fully saturated rings. The second-order valence-electron chi connectivity index (χ2n) is 12.2. The van der Waals surface area contributed by atoms with E-state index in [0.29, 0.717) is 56.0 Å². The van der Waals surface area contributed by atoms with Gasteiger partial charge in [-0.2, -0.15) is 23.1 Å². The number of hydrogen-bond donors (Lipinski definition) is 3. The number of anilines is 2. The topological polar surface area (TPSA) is 123 Å². The molecule has 2 aliphatic heterocycles. The van der Waals surface area contributed by atoms with Gasteiger partial charge in [-0.3, -0.25) is 4.79 Å². The lowest BCUT2D eigenvalue weighted by Gasteiger charge is -2.39. The van der Waals surface area contributed by atoms with E-state index in [9.17, 15) is 23.1 Å². The molecule has 3 aliphatic rings. The SMILES string of the molecule is Nc1nc(OC(c2ccc(Cl)cc2-c2cccc(OC3CCCC3)c2)C(F)(F)F)cc(N2CCC3(CC2)CNC(C(=O)O)C3)n1. The Labute approximate surface area is 263 Å². The molecule has 2 saturated heterocycles. The minimum atomic E-state index is -4.81. The van der Waals surface area contributed by atoms with Gasteiger partial charge in [-0.1, -0.05) is 29.8 Å². The second kappa shape index (κ2) is 12.6. The molecular formula is C32H35ClF3N5O4. The summed E-state index contributed by atoms with van der Waals surface area (Å²) in [5.74, 6) is -0.466. The number of hydrogen-bond acceptors (Lipinski definition) is 8. The van der Waals surface area contributed by atoms with Crippen LogP contribution < -0.4 is 25.4 Å². The Kier molecular flexibility index (Phi) is 8.71. The van der Waals surface area contributed by atoms with Gasteiger partial charge in [0.25, 0.3) is 0 Å². The second-order valence-corrected chi connectivity index (χ2v) is 12.6. The van der Waals surface area contributed by atoms with Crippen molar-refractivity contribution in [1.82, 2.24) is 15.3 Å². The summed E-state index contributed by atoms with van der Waals surface area (Å²) in [4.78, 5) is 21.6. The van der Waals surface area contributed by atoms with Gasteiger partial charge in [0, 0.05) is 36.3 Å². The number of piperidine rings is 1. The van der Waals surface area contributed by atoms with Crippen LogP contribution in [-0.2, 0) is 4.79 Å². The summed E-state index contributed by atoms with van der Waals surface area (Å²) in [5.41, 5.74) is 6.45. The van der Waals surface area contributed by atoms with E-state index < -0.39 is 24.3 Å². The van der Waals surface area contributed by atoms with Crippen molar-refractivity contribution < 1.29 is 32.5 Å². The quantitative estimate of drug-likeness (QED) is 0.255. The van der Waals surface area contributed by atoms with Crippen LogP contribution in [0.25, 0.3) is 11.1 Å². The molecule has 3 aromatic rings. The Morgan fingerprint density at radius 3 is 2.56 bits per heavy atom. The van der Waals surface area contributed by atoms with E-state index in [0.717, 1.165) is 25.7 Å². The van der Waals surface area contributed by atoms with Crippen molar-refractivity contribution in [3.63, 3.8) is 0 Å². The molecule has 240 valence electrons. The fourth-order valence-corrected chi connectivity index (χ4v) is 6.88. The first kappa shape index (κ1) is 31.2. The van der Waals surface area contributed by atoms with Gasteiger partial charge in [0.1, 0.15) is 17.6 Å². The highest BCUT2D eigenvalue weighted by atomic mass is 35.5. The van der Waals surface area contributed by atoms with E-state index in [1.807, 2.05) is 4.90 Å². The smallest absolute Gasteiger partial charge is 0.429 e. The van der Waals surface area contributed by atoms with Crippen LogP contribution in [0.5, 0.6) is 11.6 Å². The van der Waals surface area contributed by atoms with Gasteiger partial charge in [0.05, 0.1) is 6.10 Å². The minimum absolute atomic E-state index is 0.0877. The lowest BCUT2D eigenvalue weighted by atomic mass is 9.76. The highest BCUT2D eigenvalue weighted by molar-refractivity contribution is 6.30. The summed E-state index contributed by atoms with van der Waals surface area (Å²) in [7, 11) is 0. The molecule has 13 heteroatoms. The molecule has 6 rings (SSSR count). The molecule has 1 spiro atoms. The first-order chi connectivity index (χ1) is 21.5. The summed E-state index contributed by atoms with van der Waals surface area (Å²) in [6, 6.07) is 12.0. The first-order valence-electron chi connectivity index (χ1n) is 15.1. The molecule has 2 aromatic carbocycles. The van der Waals surface area contributed by atoms with Gasteiger partial charge in [0.2, 0.25) is 17.9 Å². The molecule has 0 bridgehead atoms. The van der Waals surface area contributed by atoms with Crippen LogP contribution in [0.3, 0.4) is 0 Å². The zero-order valence-electron chi connectivity index (χ0n) is 24.5. The van der Waals surface area contributed by atoms with Crippen molar-refractivity contribution in [2.45, 2.75) is 69.4 Å². The predicted octanol–water partition coefficient (Wildman–Crippen LogP) is 6.42. The van der Waals surface area contributed by atoms with E-state index in [-0.39, 0.29) is 39.5 Å².